The molecule has 0 radical (unpaired) electrons. The molecule has 3 N–H and O–H groups in total. The lowest BCUT2D eigenvalue weighted by Gasteiger charge is -1.99. The molecule has 5 heteroatoms. The molecule has 0 spiro atoms. The Hall–Kier alpha value is -1.36. The largest absolute Gasteiger partial charge is 0.395 e. The van der Waals surface area contributed by atoms with E-state index in [4.69, 9.17) is 5.11 Å². The van der Waals surface area contributed by atoms with Crippen LogP contribution in [0.25, 0.3) is 0 Å². The molecule has 84 valence electrons. The van der Waals surface area contributed by atoms with Crippen LogP contribution in [-0.2, 0) is 6.42 Å². The molecular formula is C10H17N3O2. The lowest BCUT2D eigenvalue weighted by atomic mass is 10.1. The Kier molecular flexibility index (Phi) is 4.30. The molecule has 1 amide bonds. The van der Waals surface area contributed by atoms with Crippen molar-refractivity contribution >= 4 is 5.91 Å². The van der Waals surface area contributed by atoms with E-state index in [9.17, 15) is 4.79 Å². The quantitative estimate of drug-likeness (QED) is 0.656. The number of hydrogen-bond donors (Lipinski definition) is 3. The van der Waals surface area contributed by atoms with Gasteiger partial charge in [0.1, 0.15) is 5.69 Å². The molecule has 0 saturated heterocycles. The zero-order valence-electron chi connectivity index (χ0n) is 9.08. The van der Waals surface area contributed by atoms with Gasteiger partial charge in [0.2, 0.25) is 0 Å². The van der Waals surface area contributed by atoms with Crippen molar-refractivity contribution in [3.63, 3.8) is 0 Å². The number of carbonyl (C=O) groups excluding carboxylic acids is 1. The van der Waals surface area contributed by atoms with Crippen LogP contribution >= 0.6 is 0 Å². The minimum Gasteiger partial charge on any atom is -0.395 e. The summed E-state index contributed by atoms with van der Waals surface area (Å²) in [6.07, 6.45) is 0.875. The molecule has 0 aliphatic heterocycles. The first-order chi connectivity index (χ1) is 7.13. The van der Waals surface area contributed by atoms with Crippen molar-refractivity contribution in [3.05, 3.63) is 17.5 Å². The highest BCUT2D eigenvalue weighted by molar-refractivity contribution is 5.92. The molecule has 0 bridgehead atoms. The van der Waals surface area contributed by atoms with Gasteiger partial charge < -0.3 is 10.4 Å². The topological polar surface area (TPSA) is 78.0 Å². The van der Waals surface area contributed by atoms with E-state index < -0.39 is 0 Å². The standard InChI is InChI=1S/C10H17N3O2/c1-7(2)5-8-6-9(13-12-8)10(15)11-3-4-14/h6-7,14H,3-5H2,1-2H3,(H,11,15)(H,12,13). The van der Waals surface area contributed by atoms with Crippen molar-refractivity contribution in [1.82, 2.24) is 15.5 Å². The van der Waals surface area contributed by atoms with Crippen LogP contribution in [0.2, 0.25) is 0 Å². The van der Waals surface area contributed by atoms with Gasteiger partial charge in [-0.2, -0.15) is 5.10 Å². The molecule has 0 fully saturated rings. The van der Waals surface area contributed by atoms with Crippen molar-refractivity contribution in [3.8, 4) is 0 Å². The fraction of sp³-hybridized carbons (Fsp3) is 0.600. The minimum atomic E-state index is -0.254. The maximum atomic E-state index is 11.4. The Labute approximate surface area is 88.9 Å². The van der Waals surface area contributed by atoms with E-state index in [0.29, 0.717) is 11.6 Å². The first-order valence-corrected chi connectivity index (χ1v) is 5.06. The third-order valence-electron chi connectivity index (χ3n) is 1.89. The van der Waals surface area contributed by atoms with Gasteiger partial charge in [-0.15, -0.1) is 0 Å². The second-order valence-electron chi connectivity index (χ2n) is 3.86. The van der Waals surface area contributed by atoms with Gasteiger partial charge >= 0.3 is 0 Å². The van der Waals surface area contributed by atoms with Gasteiger partial charge in [-0.1, -0.05) is 13.8 Å². The summed E-state index contributed by atoms with van der Waals surface area (Å²) in [5, 5.41) is 17.8. The maximum absolute atomic E-state index is 11.4. The molecule has 1 rings (SSSR count). The van der Waals surface area contributed by atoms with Crippen LogP contribution in [0.15, 0.2) is 6.07 Å². The van der Waals surface area contributed by atoms with E-state index in [0.717, 1.165) is 12.1 Å². The first-order valence-electron chi connectivity index (χ1n) is 5.06. The minimum absolute atomic E-state index is 0.0605. The van der Waals surface area contributed by atoms with Gasteiger partial charge in [0.25, 0.3) is 5.91 Å². The number of aliphatic hydroxyl groups excluding tert-OH is 1. The molecule has 0 aliphatic carbocycles. The van der Waals surface area contributed by atoms with Crippen molar-refractivity contribution < 1.29 is 9.90 Å². The van der Waals surface area contributed by atoms with E-state index in [-0.39, 0.29) is 19.1 Å². The molecule has 0 aromatic carbocycles. The van der Waals surface area contributed by atoms with Gasteiger partial charge in [-0.05, 0) is 18.4 Å². The lowest BCUT2D eigenvalue weighted by Crippen LogP contribution is -2.26. The molecule has 5 nitrogen and oxygen atoms in total. The number of H-pyrrole nitrogens is 1. The van der Waals surface area contributed by atoms with Gasteiger partial charge in [-0.25, -0.2) is 0 Å². The number of aromatic amines is 1. The second-order valence-corrected chi connectivity index (χ2v) is 3.86. The van der Waals surface area contributed by atoms with Crippen LogP contribution in [0.1, 0.15) is 30.0 Å². The molecule has 0 atom stereocenters. The Morgan fingerprint density at radius 3 is 3.00 bits per heavy atom. The first kappa shape index (κ1) is 11.7. The molecule has 1 aromatic rings. The summed E-state index contributed by atoms with van der Waals surface area (Å²) < 4.78 is 0. The third-order valence-corrected chi connectivity index (χ3v) is 1.89. The van der Waals surface area contributed by atoms with Gasteiger partial charge in [0, 0.05) is 12.2 Å². The number of hydrogen-bond acceptors (Lipinski definition) is 3. The Bertz CT molecular complexity index is 320. The van der Waals surface area contributed by atoms with Crippen LogP contribution in [0.5, 0.6) is 0 Å². The predicted molar refractivity (Wildman–Crippen MR) is 56.5 cm³/mol. The van der Waals surface area contributed by atoms with Gasteiger partial charge in [0.15, 0.2) is 0 Å². The summed E-state index contributed by atoms with van der Waals surface area (Å²) in [6, 6.07) is 1.74. The summed E-state index contributed by atoms with van der Waals surface area (Å²) in [6.45, 7) is 4.40. The van der Waals surface area contributed by atoms with Crippen LogP contribution in [-0.4, -0.2) is 34.4 Å². The highest BCUT2D eigenvalue weighted by atomic mass is 16.3. The van der Waals surface area contributed by atoms with E-state index in [2.05, 4.69) is 29.4 Å². The van der Waals surface area contributed by atoms with E-state index >= 15 is 0 Å². The fourth-order valence-electron chi connectivity index (χ4n) is 1.28. The third kappa shape index (κ3) is 3.71. The summed E-state index contributed by atoms with van der Waals surface area (Å²) in [5.41, 5.74) is 1.33. The predicted octanol–water partition coefficient (Wildman–Crippen LogP) is 0.330. The summed E-state index contributed by atoms with van der Waals surface area (Å²) in [5.74, 6) is 0.272. The maximum Gasteiger partial charge on any atom is 0.271 e. The average Bonchev–Trinajstić information content (AvgIpc) is 2.61. The number of aromatic nitrogens is 2. The molecule has 0 aliphatic rings. The molecule has 0 saturated carbocycles. The van der Waals surface area contributed by atoms with Crippen LogP contribution < -0.4 is 5.32 Å². The van der Waals surface area contributed by atoms with E-state index in [1.54, 1.807) is 6.07 Å². The monoisotopic (exact) mass is 211 g/mol. The molecular weight excluding hydrogens is 194 g/mol. The van der Waals surface area contributed by atoms with Crippen LogP contribution in [0, 0.1) is 5.92 Å². The zero-order valence-corrected chi connectivity index (χ0v) is 9.08. The van der Waals surface area contributed by atoms with Crippen molar-refractivity contribution in [2.45, 2.75) is 20.3 Å². The normalized spacial score (nSPS) is 10.7. The van der Waals surface area contributed by atoms with Crippen LogP contribution in [0.4, 0.5) is 0 Å². The van der Waals surface area contributed by atoms with E-state index in [1.165, 1.54) is 0 Å². The molecule has 15 heavy (non-hydrogen) atoms. The summed E-state index contributed by atoms with van der Waals surface area (Å²) in [4.78, 5) is 11.4. The number of rotatable bonds is 5. The smallest absolute Gasteiger partial charge is 0.271 e. The average molecular weight is 211 g/mol. The SMILES string of the molecule is CC(C)Cc1cc(C(=O)NCCO)n[nH]1. The van der Waals surface area contributed by atoms with E-state index in [1.807, 2.05) is 0 Å². The molecule has 1 heterocycles. The highest BCUT2D eigenvalue weighted by Crippen LogP contribution is 2.06. The van der Waals surface area contributed by atoms with Gasteiger partial charge in [0.05, 0.1) is 6.61 Å². The van der Waals surface area contributed by atoms with Crippen LogP contribution in [0.3, 0.4) is 0 Å². The van der Waals surface area contributed by atoms with Crippen molar-refractivity contribution in [2.24, 2.45) is 5.92 Å². The van der Waals surface area contributed by atoms with Crippen molar-refractivity contribution in [1.29, 1.82) is 0 Å². The Morgan fingerprint density at radius 2 is 2.40 bits per heavy atom. The lowest BCUT2D eigenvalue weighted by molar-refractivity contribution is 0.0939. The number of nitrogens with one attached hydrogen (secondary N) is 2. The zero-order chi connectivity index (χ0) is 11.3. The molecule has 0 unspecified atom stereocenters. The Morgan fingerprint density at radius 1 is 1.67 bits per heavy atom. The number of nitrogens with zero attached hydrogens (tertiary/aromatic N) is 1. The van der Waals surface area contributed by atoms with Gasteiger partial charge in [-0.3, -0.25) is 9.89 Å². The second kappa shape index (κ2) is 5.50. The highest BCUT2D eigenvalue weighted by Gasteiger charge is 2.09. The Balaban J connectivity index is 2.55. The van der Waals surface area contributed by atoms with Crippen molar-refractivity contribution in [2.75, 3.05) is 13.2 Å². The summed E-state index contributed by atoms with van der Waals surface area (Å²) >= 11 is 0. The summed E-state index contributed by atoms with van der Waals surface area (Å²) in [7, 11) is 0. The number of amides is 1. The number of carbonyl (C=O) groups is 1. The number of aliphatic hydroxyl groups is 1. The fourth-order valence-corrected chi connectivity index (χ4v) is 1.28. The molecule has 1 aromatic heterocycles.